The van der Waals surface area contributed by atoms with Crippen LogP contribution >= 0.6 is 11.8 Å². The topological polar surface area (TPSA) is 39.4 Å². The minimum absolute atomic E-state index is 0.187. The Balaban J connectivity index is 2.35. The normalized spacial score (nSPS) is 10.0. The van der Waals surface area contributed by atoms with Gasteiger partial charge in [-0.05, 0) is 19.9 Å². The summed E-state index contributed by atoms with van der Waals surface area (Å²) in [4.78, 5) is 12.0. The van der Waals surface area contributed by atoms with Crippen LogP contribution in [0.25, 0.3) is 0 Å². The quantitative estimate of drug-likeness (QED) is 0.552. The molecule has 72 valence electrons. The summed E-state index contributed by atoms with van der Waals surface area (Å²) in [5.74, 6) is 0.996. The number of aryl methyl sites for hydroxylation is 1. The van der Waals surface area contributed by atoms with E-state index in [1.54, 1.807) is 13.2 Å². The van der Waals surface area contributed by atoms with E-state index in [4.69, 9.17) is 9.15 Å². The number of furan rings is 1. The molecule has 3 nitrogen and oxygen atoms in total. The van der Waals surface area contributed by atoms with Gasteiger partial charge < -0.3 is 9.15 Å². The van der Waals surface area contributed by atoms with Gasteiger partial charge in [-0.3, -0.25) is 4.79 Å². The second-order valence-electron chi connectivity index (χ2n) is 2.43. The van der Waals surface area contributed by atoms with Crippen molar-refractivity contribution in [1.82, 2.24) is 0 Å². The van der Waals surface area contributed by atoms with Crippen LogP contribution in [-0.4, -0.2) is 18.3 Å². The maximum Gasteiger partial charge on any atom is 0.316 e. The molecule has 4 heteroatoms. The van der Waals surface area contributed by atoms with E-state index in [1.165, 1.54) is 11.8 Å². The Morgan fingerprint density at radius 2 is 2.46 bits per heavy atom. The summed E-state index contributed by atoms with van der Waals surface area (Å²) in [6.07, 6.45) is 1.61. The third-order valence-corrected chi connectivity index (χ3v) is 2.58. The number of rotatable bonds is 4. The maximum atomic E-state index is 11.0. The summed E-state index contributed by atoms with van der Waals surface area (Å²) in [7, 11) is 0. The van der Waals surface area contributed by atoms with E-state index >= 15 is 0 Å². The second-order valence-corrected chi connectivity index (χ2v) is 3.45. The molecule has 1 heterocycles. The minimum atomic E-state index is -0.187. The van der Waals surface area contributed by atoms with Crippen molar-refractivity contribution in [3.8, 4) is 0 Å². The molecule has 0 radical (unpaired) electrons. The van der Waals surface area contributed by atoms with Gasteiger partial charge >= 0.3 is 5.97 Å². The lowest BCUT2D eigenvalue weighted by Crippen LogP contribution is -2.06. The molecule has 0 aliphatic rings. The lowest BCUT2D eigenvalue weighted by Gasteiger charge is -1.99. The SMILES string of the molecule is CCOC(=O)CSc1ccoc1C. The van der Waals surface area contributed by atoms with Crippen molar-refractivity contribution in [3.63, 3.8) is 0 Å². The van der Waals surface area contributed by atoms with Crippen molar-refractivity contribution >= 4 is 17.7 Å². The van der Waals surface area contributed by atoms with Gasteiger partial charge in [-0.25, -0.2) is 0 Å². The molecule has 0 saturated heterocycles. The highest BCUT2D eigenvalue weighted by atomic mass is 32.2. The highest BCUT2D eigenvalue weighted by Gasteiger charge is 2.06. The van der Waals surface area contributed by atoms with E-state index < -0.39 is 0 Å². The van der Waals surface area contributed by atoms with Crippen molar-refractivity contribution in [2.45, 2.75) is 18.7 Å². The first-order chi connectivity index (χ1) is 6.24. The molecule has 1 rings (SSSR count). The van der Waals surface area contributed by atoms with Crippen LogP contribution in [0.2, 0.25) is 0 Å². The molecule has 0 spiro atoms. The first-order valence-electron chi connectivity index (χ1n) is 4.06. The monoisotopic (exact) mass is 200 g/mol. The van der Waals surface area contributed by atoms with Crippen molar-refractivity contribution in [3.05, 3.63) is 18.1 Å². The number of carbonyl (C=O) groups is 1. The largest absolute Gasteiger partial charge is 0.468 e. The van der Waals surface area contributed by atoms with Crippen LogP contribution in [0.5, 0.6) is 0 Å². The molecule has 0 bridgehead atoms. The number of hydrogen-bond donors (Lipinski definition) is 0. The summed E-state index contributed by atoms with van der Waals surface area (Å²) in [5, 5.41) is 0. The van der Waals surface area contributed by atoms with Gasteiger partial charge in [-0.1, -0.05) is 0 Å². The number of thioether (sulfide) groups is 1. The van der Waals surface area contributed by atoms with Crippen LogP contribution in [0.1, 0.15) is 12.7 Å². The van der Waals surface area contributed by atoms with Crippen LogP contribution < -0.4 is 0 Å². The van der Waals surface area contributed by atoms with Crippen LogP contribution in [0, 0.1) is 6.92 Å². The van der Waals surface area contributed by atoms with E-state index in [2.05, 4.69) is 0 Å². The molecule has 0 N–H and O–H groups in total. The lowest BCUT2D eigenvalue weighted by atomic mass is 10.5. The summed E-state index contributed by atoms with van der Waals surface area (Å²) in [5.41, 5.74) is 0. The molecule has 0 aromatic carbocycles. The summed E-state index contributed by atoms with van der Waals surface area (Å²) in [6, 6.07) is 1.85. The third kappa shape index (κ3) is 3.14. The Kier molecular flexibility index (Phi) is 3.89. The van der Waals surface area contributed by atoms with Crippen LogP contribution in [-0.2, 0) is 9.53 Å². The minimum Gasteiger partial charge on any atom is -0.468 e. The van der Waals surface area contributed by atoms with Crippen LogP contribution in [0.4, 0.5) is 0 Å². The number of carbonyl (C=O) groups excluding carboxylic acids is 1. The zero-order valence-electron chi connectivity index (χ0n) is 7.70. The standard InChI is InChI=1S/C9H12O3S/c1-3-11-9(10)6-13-8-4-5-12-7(8)2/h4-5H,3,6H2,1-2H3. The molecule has 0 aliphatic heterocycles. The Bertz CT molecular complexity index is 280. The van der Waals surface area contributed by atoms with Gasteiger partial charge in [-0.15, -0.1) is 11.8 Å². The van der Waals surface area contributed by atoms with E-state index in [9.17, 15) is 4.79 Å². The molecule has 13 heavy (non-hydrogen) atoms. The van der Waals surface area contributed by atoms with Gasteiger partial charge in [-0.2, -0.15) is 0 Å². The predicted octanol–water partition coefficient (Wildman–Crippen LogP) is 2.24. The molecular weight excluding hydrogens is 188 g/mol. The molecule has 0 fully saturated rings. The van der Waals surface area contributed by atoms with E-state index in [1.807, 2.05) is 13.0 Å². The fraction of sp³-hybridized carbons (Fsp3) is 0.444. The summed E-state index contributed by atoms with van der Waals surface area (Å²) < 4.78 is 9.87. The molecule has 0 amide bonds. The first-order valence-corrected chi connectivity index (χ1v) is 5.05. The fourth-order valence-electron chi connectivity index (χ4n) is 0.862. The Labute approximate surface area is 81.4 Å². The fourth-order valence-corrected chi connectivity index (χ4v) is 1.62. The van der Waals surface area contributed by atoms with E-state index in [0.717, 1.165) is 10.7 Å². The zero-order chi connectivity index (χ0) is 9.68. The van der Waals surface area contributed by atoms with Gasteiger partial charge in [0.1, 0.15) is 5.76 Å². The number of hydrogen-bond acceptors (Lipinski definition) is 4. The lowest BCUT2D eigenvalue weighted by molar-refractivity contribution is -0.139. The van der Waals surface area contributed by atoms with Gasteiger partial charge in [0.15, 0.2) is 0 Å². The van der Waals surface area contributed by atoms with Gasteiger partial charge in [0.2, 0.25) is 0 Å². The van der Waals surface area contributed by atoms with Crippen LogP contribution in [0.15, 0.2) is 21.6 Å². The smallest absolute Gasteiger partial charge is 0.316 e. The first kappa shape index (κ1) is 10.2. The Morgan fingerprint density at radius 1 is 1.69 bits per heavy atom. The highest BCUT2D eigenvalue weighted by molar-refractivity contribution is 8.00. The van der Waals surface area contributed by atoms with Gasteiger partial charge in [0, 0.05) is 4.90 Å². The molecule has 0 aliphatic carbocycles. The highest BCUT2D eigenvalue weighted by Crippen LogP contribution is 2.22. The average Bonchev–Trinajstić information content (AvgIpc) is 2.48. The van der Waals surface area contributed by atoms with Gasteiger partial charge in [0.05, 0.1) is 18.6 Å². The van der Waals surface area contributed by atoms with Gasteiger partial charge in [0.25, 0.3) is 0 Å². The molecule has 0 unspecified atom stereocenters. The third-order valence-electron chi connectivity index (χ3n) is 1.46. The summed E-state index contributed by atoms with van der Waals surface area (Å²) >= 11 is 1.43. The van der Waals surface area contributed by atoms with Crippen molar-refractivity contribution in [1.29, 1.82) is 0 Å². The van der Waals surface area contributed by atoms with Crippen LogP contribution in [0.3, 0.4) is 0 Å². The predicted molar refractivity (Wildman–Crippen MR) is 50.8 cm³/mol. The average molecular weight is 200 g/mol. The molecule has 1 aromatic heterocycles. The zero-order valence-corrected chi connectivity index (χ0v) is 8.52. The summed E-state index contributed by atoms with van der Waals surface area (Å²) in [6.45, 7) is 4.10. The number of esters is 1. The molecular formula is C9H12O3S. The van der Waals surface area contributed by atoms with E-state index in [-0.39, 0.29) is 5.97 Å². The van der Waals surface area contributed by atoms with E-state index in [0.29, 0.717) is 12.4 Å². The number of ether oxygens (including phenoxy) is 1. The van der Waals surface area contributed by atoms with Crippen molar-refractivity contribution < 1.29 is 13.9 Å². The second kappa shape index (κ2) is 4.97. The van der Waals surface area contributed by atoms with Crippen molar-refractivity contribution in [2.24, 2.45) is 0 Å². The molecule has 1 aromatic rings. The molecule has 0 saturated carbocycles. The van der Waals surface area contributed by atoms with Crippen molar-refractivity contribution in [2.75, 3.05) is 12.4 Å². The molecule has 0 atom stereocenters. The Hall–Kier alpha value is -0.900. The Morgan fingerprint density at radius 3 is 3.00 bits per heavy atom. The maximum absolute atomic E-state index is 11.0.